The van der Waals surface area contributed by atoms with Gasteiger partial charge in [0.15, 0.2) is 16.6 Å². The molecule has 2 rings (SSSR count). The van der Waals surface area contributed by atoms with Crippen LogP contribution in [0.25, 0.3) is 0 Å². The first kappa shape index (κ1) is 12.4. The van der Waals surface area contributed by atoms with Crippen LogP contribution in [-0.2, 0) is 11.3 Å². The number of hydrogen-bond donors (Lipinski definition) is 3. The fraction of sp³-hybridized carbons (Fsp3) is 0.273. The Morgan fingerprint density at radius 1 is 1.33 bits per heavy atom. The van der Waals surface area contributed by atoms with Crippen molar-refractivity contribution in [2.24, 2.45) is 0 Å². The van der Waals surface area contributed by atoms with Gasteiger partial charge < -0.3 is 14.8 Å². The molecule has 3 N–H and O–H groups in total. The second-order valence-electron chi connectivity index (χ2n) is 3.68. The Morgan fingerprint density at radius 3 is 2.89 bits per heavy atom. The summed E-state index contributed by atoms with van der Waals surface area (Å²) in [5.41, 5.74) is 5.96. The van der Waals surface area contributed by atoms with Crippen LogP contribution in [0.3, 0.4) is 0 Å². The van der Waals surface area contributed by atoms with E-state index in [4.69, 9.17) is 21.7 Å². The van der Waals surface area contributed by atoms with Gasteiger partial charge in [-0.1, -0.05) is 6.07 Å². The van der Waals surface area contributed by atoms with E-state index in [0.717, 1.165) is 17.1 Å². The average Bonchev–Trinajstić information content (AvgIpc) is 2.81. The number of ether oxygens (including phenoxy) is 2. The molecule has 0 spiro atoms. The number of hydrazine groups is 1. The number of fused-ring (bicyclic) bond motifs is 1. The van der Waals surface area contributed by atoms with Gasteiger partial charge in [-0.15, -0.1) is 0 Å². The molecule has 1 amide bonds. The molecule has 0 unspecified atom stereocenters. The van der Waals surface area contributed by atoms with Gasteiger partial charge in [-0.2, -0.15) is 0 Å². The third-order valence-corrected chi connectivity index (χ3v) is 2.49. The van der Waals surface area contributed by atoms with Gasteiger partial charge in [-0.25, -0.2) is 0 Å². The van der Waals surface area contributed by atoms with Crippen molar-refractivity contribution in [3.8, 4) is 11.5 Å². The van der Waals surface area contributed by atoms with E-state index in [-0.39, 0.29) is 12.7 Å². The summed E-state index contributed by atoms with van der Waals surface area (Å²) in [6, 6.07) is 5.65. The van der Waals surface area contributed by atoms with Crippen LogP contribution in [0.5, 0.6) is 11.5 Å². The Bertz CT molecular complexity index is 479. The minimum atomic E-state index is -0.206. The first-order valence-electron chi connectivity index (χ1n) is 5.34. The predicted octanol–water partition coefficient (Wildman–Crippen LogP) is 0.430. The molecule has 0 saturated carbocycles. The third kappa shape index (κ3) is 3.24. The average molecular weight is 267 g/mol. The molecule has 18 heavy (non-hydrogen) atoms. The number of nitrogens with one attached hydrogen (secondary N) is 3. The number of benzene rings is 1. The smallest absolute Gasteiger partial charge is 0.235 e. The fourth-order valence-electron chi connectivity index (χ4n) is 1.42. The lowest BCUT2D eigenvalue weighted by Gasteiger charge is -2.10. The van der Waals surface area contributed by atoms with Gasteiger partial charge in [0, 0.05) is 13.5 Å². The maximum atomic E-state index is 10.7. The van der Waals surface area contributed by atoms with E-state index in [9.17, 15) is 4.79 Å². The van der Waals surface area contributed by atoms with E-state index in [0.29, 0.717) is 11.7 Å². The van der Waals surface area contributed by atoms with Crippen molar-refractivity contribution in [2.75, 3.05) is 6.79 Å². The summed E-state index contributed by atoms with van der Waals surface area (Å²) in [6.45, 7) is 2.18. The molecule has 7 heteroatoms. The van der Waals surface area contributed by atoms with Gasteiger partial charge in [0.05, 0.1) is 0 Å². The molecule has 1 heterocycles. The number of thiocarbonyl (C=S) groups is 1. The normalized spacial score (nSPS) is 11.8. The van der Waals surface area contributed by atoms with Crippen LogP contribution in [0.4, 0.5) is 0 Å². The zero-order valence-corrected chi connectivity index (χ0v) is 10.6. The van der Waals surface area contributed by atoms with Crippen molar-refractivity contribution in [2.45, 2.75) is 13.5 Å². The van der Waals surface area contributed by atoms with Crippen LogP contribution in [0.2, 0.25) is 0 Å². The Morgan fingerprint density at radius 2 is 2.11 bits per heavy atom. The Balaban J connectivity index is 1.83. The molecule has 1 aliphatic rings. The lowest BCUT2D eigenvalue weighted by Crippen LogP contribution is -2.45. The molecule has 0 fully saturated rings. The molecular weight excluding hydrogens is 254 g/mol. The van der Waals surface area contributed by atoms with E-state index in [1.807, 2.05) is 18.2 Å². The van der Waals surface area contributed by atoms with Crippen LogP contribution in [0.1, 0.15) is 12.5 Å². The molecule has 1 aromatic carbocycles. The minimum absolute atomic E-state index is 0.206. The largest absolute Gasteiger partial charge is 0.454 e. The van der Waals surface area contributed by atoms with Crippen LogP contribution in [0, 0.1) is 0 Å². The molecule has 0 bridgehead atoms. The lowest BCUT2D eigenvalue weighted by atomic mass is 10.2. The van der Waals surface area contributed by atoms with E-state index >= 15 is 0 Å². The summed E-state index contributed by atoms with van der Waals surface area (Å²) >= 11 is 4.98. The second kappa shape index (κ2) is 5.54. The first-order chi connectivity index (χ1) is 8.65. The molecular formula is C11H13N3O3S. The topological polar surface area (TPSA) is 71.6 Å². The minimum Gasteiger partial charge on any atom is -0.454 e. The Labute approximate surface area is 110 Å². The van der Waals surface area contributed by atoms with Crippen LogP contribution >= 0.6 is 12.2 Å². The number of amides is 1. The standard InChI is InChI=1S/C11H13N3O3S/c1-7(15)13-14-11(18)12-5-8-2-3-9-10(4-8)17-6-16-9/h2-4H,5-6H2,1H3,(H,13,15)(H2,12,14,18). The first-order valence-corrected chi connectivity index (χ1v) is 5.75. The van der Waals surface area contributed by atoms with Crippen LogP contribution in [-0.4, -0.2) is 17.8 Å². The maximum Gasteiger partial charge on any atom is 0.235 e. The zero-order chi connectivity index (χ0) is 13.0. The highest BCUT2D eigenvalue weighted by Crippen LogP contribution is 2.32. The summed E-state index contributed by atoms with van der Waals surface area (Å²) in [7, 11) is 0. The molecule has 0 aliphatic carbocycles. The van der Waals surface area contributed by atoms with Gasteiger partial charge in [-0.05, 0) is 29.9 Å². The molecule has 96 valence electrons. The highest BCUT2D eigenvalue weighted by molar-refractivity contribution is 7.80. The van der Waals surface area contributed by atoms with Gasteiger partial charge in [0.1, 0.15) is 0 Å². The Hall–Kier alpha value is -2.02. The van der Waals surface area contributed by atoms with Crippen molar-refractivity contribution < 1.29 is 14.3 Å². The van der Waals surface area contributed by atoms with E-state index in [2.05, 4.69) is 16.2 Å². The number of hydrogen-bond acceptors (Lipinski definition) is 4. The van der Waals surface area contributed by atoms with Crippen molar-refractivity contribution in [3.63, 3.8) is 0 Å². The lowest BCUT2D eigenvalue weighted by molar-refractivity contribution is -0.119. The maximum absolute atomic E-state index is 10.7. The Kier molecular flexibility index (Phi) is 3.83. The van der Waals surface area contributed by atoms with Gasteiger partial charge in [-0.3, -0.25) is 15.6 Å². The van der Waals surface area contributed by atoms with Gasteiger partial charge in [0.25, 0.3) is 0 Å². The molecule has 0 atom stereocenters. The summed E-state index contributed by atoms with van der Waals surface area (Å²) in [5.74, 6) is 1.27. The number of carbonyl (C=O) groups is 1. The summed E-state index contributed by atoms with van der Waals surface area (Å²) in [4.78, 5) is 10.7. The fourth-order valence-corrected chi connectivity index (χ4v) is 1.55. The quantitative estimate of drug-likeness (QED) is 0.533. The SMILES string of the molecule is CC(=O)NNC(=S)NCc1ccc2c(c1)OCO2. The predicted molar refractivity (Wildman–Crippen MR) is 69.0 cm³/mol. The molecule has 0 saturated heterocycles. The molecule has 1 aliphatic heterocycles. The summed E-state index contributed by atoms with van der Waals surface area (Å²) in [6.07, 6.45) is 0. The van der Waals surface area contributed by atoms with Crippen molar-refractivity contribution in [3.05, 3.63) is 23.8 Å². The molecule has 1 aromatic rings. The van der Waals surface area contributed by atoms with E-state index in [1.165, 1.54) is 6.92 Å². The highest BCUT2D eigenvalue weighted by Gasteiger charge is 2.12. The summed E-state index contributed by atoms with van der Waals surface area (Å²) in [5, 5.41) is 3.30. The van der Waals surface area contributed by atoms with Crippen molar-refractivity contribution >= 4 is 23.2 Å². The van der Waals surface area contributed by atoms with Crippen LogP contribution < -0.4 is 25.6 Å². The van der Waals surface area contributed by atoms with E-state index in [1.54, 1.807) is 0 Å². The number of carbonyl (C=O) groups excluding carboxylic acids is 1. The van der Waals surface area contributed by atoms with Crippen LogP contribution in [0.15, 0.2) is 18.2 Å². The van der Waals surface area contributed by atoms with Gasteiger partial charge >= 0.3 is 0 Å². The second-order valence-corrected chi connectivity index (χ2v) is 4.08. The summed E-state index contributed by atoms with van der Waals surface area (Å²) < 4.78 is 10.5. The van der Waals surface area contributed by atoms with Gasteiger partial charge in [0.2, 0.25) is 12.7 Å². The zero-order valence-electron chi connectivity index (χ0n) is 9.78. The molecule has 6 nitrogen and oxygen atoms in total. The number of rotatable bonds is 2. The monoisotopic (exact) mass is 267 g/mol. The molecule has 0 radical (unpaired) electrons. The third-order valence-electron chi connectivity index (χ3n) is 2.24. The molecule has 0 aromatic heterocycles. The van der Waals surface area contributed by atoms with E-state index < -0.39 is 0 Å². The highest BCUT2D eigenvalue weighted by atomic mass is 32.1. The van der Waals surface area contributed by atoms with Crippen molar-refractivity contribution in [1.82, 2.24) is 16.2 Å². The van der Waals surface area contributed by atoms with Crippen molar-refractivity contribution in [1.29, 1.82) is 0 Å².